The van der Waals surface area contributed by atoms with Gasteiger partial charge in [0.1, 0.15) is 13.2 Å². The van der Waals surface area contributed by atoms with Gasteiger partial charge in [-0.25, -0.2) is 4.79 Å². The molecule has 0 aromatic heterocycles. The van der Waals surface area contributed by atoms with E-state index < -0.39 is 35.6 Å². The van der Waals surface area contributed by atoms with Crippen LogP contribution in [0.25, 0.3) is 21.6 Å². The molecule has 2 aromatic carbocycles. The smallest absolute Gasteiger partial charge is 0.407 e. The van der Waals surface area contributed by atoms with Crippen LogP contribution in [0.1, 0.15) is 36.3 Å². The average Bonchev–Trinajstić information content (AvgIpc) is 3.64. The molecular formula is C46H67N9O13. The molecule has 6 amide bonds. The maximum atomic E-state index is 12.8. The second-order valence-electron chi connectivity index (χ2n) is 16.0. The number of carbonyl (C=O) groups is 7. The summed E-state index contributed by atoms with van der Waals surface area (Å²) < 4.78 is 32.9. The number of Topliss-reactive ketones (excluding diaryl/α,β-unsaturated/α-hetero) is 1. The van der Waals surface area contributed by atoms with E-state index in [4.69, 9.17) is 34.0 Å². The van der Waals surface area contributed by atoms with Crippen molar-refractivity contribution >= 4 is 41.4 Å². The number of hydrogen-bond acceptors (Lipinski definition) is 14. The minimum atomic E-state index is -0.536. The van der Waals surface area contributed by atoms with Crippen LogP contribution in [-0.4, -0.2) is 220 Å². The number of fused-ring (bicyclic) bond motifs is 3. The van der Waals surface area contributed by atoms with Crippen LogP contribution in [0, 0.1) is 0 Å². The number of amides is 6. The molecule has 374 valence electrons. The minimum Gasteiger partial charge on any atom is -0.449 e. The van der Waals surface area contributed by atoms with Gasteiger partial charge in [0, 0.05) is 65.6 Å². The van der Waals surface area contributed by atoms with Gasteiger partial charge in [-0.05, 0) is 40.6 Å². The van der Waals surface area contributed by atoms with Crippen molar-refractivity contribution in [1.29, 1.82) is 0 Å². The molecule has 68 heavy (non-hydrogen) atoms. The first-order chi connectivity index (χ1) is 32.7. The zero-order valence-corrected chi connectivity index (χ0v) is 39.9. The van der Waals surface area contributed by atoms with E-state index in [1.54, 1.807) is 0 Å². The molecule has 22 nitrogen and oxygen atoms in total. The fourth-order valence-corrected chi connectivity index (χ4v) is 6.65. The van der Waals surface area contributed by atoms with Gasteiger partial charge in [-0.2, -0.15) is 0 Å². The number of alkyl carbamates (subject to hydrolysis) is 1. The first kappa shape index (κ1) is 56.2. The first-order valence-electron chi connectivity index (χ1n) is 22.4. The number of likely N-dealkylation sites (N-methyl/N-ethyl adjacent to an activating group) is 5. The molecule has 2 aromatic rings. The predicted molar refractivity (Wildman–Crippen MR) is 248 cm³/mol. The van der Waals surface area contributed by atoms with Crippen LogP contribution in [0.2, 0.25) is 0 Å². The Morgan fingerprint density at radius 1 is 0.559 bits per heavy atom. The summed E-state index contributed by atoms with van der Waals surface area (Å²) in [5, 5.41) is 6.13. The number of azide groups is 1. The summed E-state index contributed by atoms with van der Waals surface area (Å²) in [5.41, 5.74) is 13.0. The van der Waals surface area contributed by atoms with Crippen LogP contribution >= 0.6 is 0 Å². The number of unbranched alkanes of at least 4 members (excludes halogenated alkanes) is 1. The lowest BCUT2D eigenvalue weighted by Crippen LogP contribution is -2.48. The van der Waals surface area contributed by atoms with Gasteiger partial charge >= 0.3 is 6.09 Å². The monoisotopic (exact) mass is 953 g/mol. The minimum absolute atomic E-state index is 0.000789. The van der Waals surface area contributed by atoms with Gasteiger partial charge in [-0.15, -0.1) is 0 Å². The quantitative estimate of drug-likeness (QED) is 0.0457. The van der Waals surface area contributed by atoms with E-state index in [-0.39, 0.29) is 77.3 Å². The van der Waals surface area contributed by atoms with E-state index in [9.17, 15) is 33.6 Å². The SMILES string of the molecule is CN(CC(=O)CCCCN=[N+]=[N-])C(=O)CN(C)C(=O)CN(C)C(=O)CN(C)C(=O)CN(C)C(=O)COCCOCCOCCOCCOCCNC(=O)OCC1c2ccccc2-c2ccccc21. The van der Waals surface area contributed by atoms with Crippen LogP contribution in [0.5, 0.6) is 0 Å². The Morgan fingerprint density at radius 3 is 1.44 bits per heavy atom. The lowest BCUT2D eigenvalue weighted by molar-refractivity contribution is -0.145. The van der Waals surface area contributed by atoms with Gasteiger partial charge in [0.2, 0.25) is 29.5 Å². The molecule has 0 saturated carbocycles. The number of nitrogens with zero attached hydrogens (tertiary/aromatic N) is 8. The summed E-state index contributed by atoms with van der Waals surface area (Å²) >= 11 is 0. The van der Waals surface area contributed by atoms with Gasteiger partial charge in [0.05, 0.1) is 92.2 Å². The maximum absolute atomic E-state index is 12.8. The summed E-state index contributed by atoms with van der Waals surface area (Å²) in [6.07, 6.45) is 0.816. The molecule has 0 bridgehead atoms. The highest BCUT2D eigenvalue weighted by Crippen LogP contribution is 2.44. The Labute approximate surface area is 397 Å². The highest BCUT2D eigenvalue weighted by atomic mass is 16.6. The van der Waals surface area contributed by atoms with Crippen molar-refractivity contribution in [3.8, 4) is 11.1 Å². The lowest BCUT2D eigenvalue weighted by Gasteiger charge is -2.26. The van der Waals surface area contributed by atoms with Crippen LogP contribution < -0.4 is 5.32 Å². The van der Waals surface area contributed by atoms with E-state index in [0.717, 1.165) is 25.8 Å². The van der Waals surface area contributed by atoms with E-state index in [1.165, 1.54) is 56.2 Å². The molecule has 1 aliphatic carbocycles. The summed E-state index contributed by atoms with van der Waals surface area (Å²) in [4.78, 5) is 96.3. The van der Waals surface area contributed by atoms with E-state index in [1.807, 2.05) is 24.3 Å². The lowest BCUT2D eigenvalue weighted by atomic mass is 9.98. The van der Waals surface area contributed by atoms with Gasteiger partial charge in [-0.3, -0.25) is 28.8 Å². The third kappa shape index (κ3) is 20.8. The molecule has 3 rings (SSSR count). The third-order valence-corrected chi connectivity index (χ3v) is 10.6. The number of ether oxygens (including phenoxy) is 6. The average molecular weight is 954 g/mol. The molecule has 0 atom stereocenters. The van der Waals surface area contributed by atoms with Crippen molar-refractivity contribution in [2.75, 3.05) is 154 Å². The molecule has 0 fully saturated rings. The summed E-state index contributed by atoms with van der Waals surface area (Å²) in [5.74, 6) is -2.65. The molecule has 0 saturated heterocycles. The topological polar surface area (TPSA) is 252 Å². The van der Waals surface area contributed by atoms with Gasteiger partial charge < -0.3 is 58.2 Å². The summed E-state index contributed by atoms with van der Waals surface area (Å²) in [6, 6.07) is 16.3. The molecule has 0 radical (unpaired) electrons. The standard InChI is InChI=1S/C46H67N9O13/c1-51(28-35(56)12-10-11-17-49-50-47)41(57)29-52(2)42(58)30-53(3)43(59)31-54(4)44(60)32-55(5)45(61)34-67-27-26-66-25-24-65-23-22-64-21-20-63-19-18-48-46(62)68-33-40-38-15-8-6-13-36(38)37-14-7-9-16-39(37)40/h6-9,13-16,40H,10-12,17-34H2,1-5H3,(H,48,62). The second-order valence-corrected chi connectivity index (χ2v) is 16.0. The fraction of sp³-hybridized carbons (Fsp3) is 0.587. The molecule has 0 spiro atoms. The highest BCUT2D eigenvalue weighted by molar-refractivity contribution is 5.92. The van der Waals surface area contributed by atoms with E-state index >= 15 is 0 Å². The number of ketones is 1. The first-order valence-corrected chi connectivity index (χ1v) is 22.4. The molecule has 1 aliphatic rings. The van der Waals surface area contributed by atoms with Crippen molar-refractivity contribution in [3.05, 3.63) is 70.1 Å². The van der Waals surface area contributed by atoms with Crippen molar-refractivity contribution < 1.29 is 62.0 Å². The largest absolute Gasteiger partial charge is 0.449 e. The number of rotatable bonds is 34. The normalized spacial score (nSPS) is 11.4. The predicted octanol–water partition coefficient (Wildman–Crippen LogP) is 1.95. The summed E-state index contributed by atoms with van der Waals surface area (Å²) in [6.45, 7) is 1.88. The highest BCUT2D eigenvalue weighted by Gasteiger charge is 2.29. The van der Waals surface area contributed by atoms with Crippen molar-refractivity contribution in [1.82, 2.24) is 29.8 Å². The molecule has 0 heterocycles. The van der Waals surface area contributed by atoms with Crippen LogP contribution in [0.15, 0.2) is 53.6 Å². The Balaban J connectivity index is 1.11. The zero-order chi connectivity index (χ0) is 49.7. The van der Waals surface area contributed by atoms with Crippen LogP contribution in [0.4, 0.5) is 4.79 Å². The fourth-order valence-electron chi connectivity index (χ4n) is 6.65. The number of carbonyl (C=O) groups excluding carboxylic acids is 7. The number of nitrogens with one attached hydrogen (secondary N) is 1. The summed E-state index contributed by atoms with van der Waals surface area (Å²) in [7, 11) is 7.08. The van der Waals surface area contributed by atoms with Gasteiger partial charge in [-0.1, -0.05) is 53.6 Å². The van der Waals surface area contributed by atoms with E-state index in [0.29, 0.717) is 72.2 Å². The molecule has 1 N–H and O–H groups in total. The van der Waals surface area contributed by atoms with Crippen molar-refractivity contribution in [3.63, 3.8) is 0 Å². The van der Waals surface area contributed by atoms with Crippen LogP contribution in [0.3, 0.4) is 0 Å². The Morgan fingerprint density at radius 2 is 0.971 bits per heavy atom. The van der Waals surface area contributed by atoms with Crippen molar-refractivity contribution in [2.45, 2.75) is 25.2 Å². The Bertz CT molecular complexity index is 1960. The zero-order valence-electron chi connectivity index (χ0n) is 39.9. The number of hydrogen-bond donors (Lipinski definition) is 1. The second kappa shape index (κ2) is 31.7. The molecule has 22 heteroatoms. The Hall–Kier alpha value is -6.16. The molecule has 0 aliphatic heterocycles. The van der Waals surface area contributed by atoms with E-state index in [2.05, 4.69) is 39.6 Å². The van der Waals surface area contributed by atoms with Gasteiger partial charge in [0.25, 0.3) is 0 Å². The maximum Gasteiger partial charge on any atom is 0.407 e. The van der Waals surface area contributed by atoms with Gasteiger partial charge in [0.15, 0.2) is 5.78 Å². The number of benzene rings is 2. The molecule has 0 unspecified atom stereocenters. The Kier molecular flexibility index (Phi) is 26.2. The molecular weight excluding hydrogens is 887 g/mol. The van der Waals surface area contributed by atoms with Crippen LogP contribution in [-0.2, 0) is 57.2 Å². The van der Waals surface area contributed by atoms with Crippen molar-refractivity contribution in [2.24, 2.45) is 5.11 Å². The third-order valence-electron chi connectivity index (χ3n) is 10.6.